The highest BCUT2D eigenvalue weighted by atomic mass is 35.5. The summed E-state index contributed by atoms with van der Waals surface area (Å²) in [4.78, 5) is 0. The topological polar surface area (TPSA) is 17.1 Å². The second kappa shape index (κ2) is 3.22. The van der Waals surface area contributed by atoms with Crippen LogP contribution in [-0.4, -0.2) is 20.0 Å². The average Bonchev–Trinajstić information content (AvgIpc) is 1.80. The zero-order chi connectivity index (χ0) is 6.85. The van der Waals surface area contributed by atoms with E-state index in [0.717, 1.165) is 6.42 Å². The lowest BCUT2D eigenvalue weighted by Gasteiger charge is -2.19. The van der Waals surface area contributed by atoms with Crippen molar-refractivity contribution < 1.29 is 4.21 Å². The molecule has 1 nitrogen and oxygen atoms in total. The molecule has 1 fully saturated rings. The van der Waals surface area contributed by atoms with Crippen LogP contribution in [0.3, 0.4) is 0 Å². The normalized spacial score (nSPS) is 44.9. The Morgan fingerprint density at radius 2 is 2.11 bits per heavy atom. The summed E-state index contributed by atoms with van der Waals surface area (Å²) in [6, 6.07) is 0. The molecular weight excluding hydrogens is 179 g/mol. The van der Waals surface area contributed by atoms with Crippen LogP contribution in [0.15, 0.2) is 0 Å². The van der Waals surface area contributed by atoms with Gasteiger partial charge in [-0.2, -0.15) is 0 Å². The molecular formula is C5H8Cl2OS. The van der Waals surface area contributed by atoms with Gasteiger partial charge in [0.05, 0.1) is 0 Å². The average molecular weight is 187 g/mol. The first-order valence-corrected chi connectivity index (χ1v) is 5.11. The molecule has 1 rings (SSSR count). The van der Waals surface area contributed by atoms with Gasteiger partial charge in [-0.3, -0.25) is 4.21 Å². The van der Waals surface area contributed by atoms with Crippen molar-refractivity contribution in [2.75, 3.05) is 5.75 Å². The van der Waals surface area contributed by atoms with Crippen molar-refractivity contribution in [2.45, 2.75) is 22.9 Å². The van der Waals surface area contributed by atoms with Crippen LogP contribution in [0.1, 0.15) is 12.8 Å². The number of hydrogen-bond donors (Lipinski definition) is 0. The monoisotopic (exact) mass is 186 g/mol. The molecule has 4 heteroatoms. The van der Waals surface area contributed by atoms with Gasteiger partial charge < -0.3 is 0 Å². The fourth-order valence-electron chi connectivity index (χ4n) is 0.798. The molecule has 9 heavy (non-hydrogen) atoms. The molecule has 0 aromatic carbocycles. The molecule has 0 radical (unpaired) electrons. The van der Waals surface area contributed by atoms with Crippen LogP contribution >= 0.6 is 23.2 Å². The molecule has 0 bridgehead atoms. The number of rotatable bonds is 0. The smallest absolute Gasteiger partial charge is 0.110 e. The van der Waals surface area contributed by atoms with E-state index in [-0.39, 0.29) is 10.1 Å². The fraction of sp³-hybridized carbons (Fsp3) is 1.00. The van der Waals surface area contributed by atoms with E-state index in [1.165, 1.54) is 0 Å². The predicted octanol–water partition coefficient (Wildman–Crippen LogP) is 1.70. The van der Waals surface area contributed by atoms with Crippen LogP contribution in [-0.2, 0) is 10.8 Å². The summed E-state index contributed by atoms with van der Waals surface area (Å²) in [5.74, 6) is 0.669. The number of alkyl halides is 2. The molecule has 1 unspecified atom stereocenters. The van der Waals surface area contributed by atoms with Crippen LogP contribution in [0.5, 0.6) is 0 Å². The van der Waals surface area contributed by atoms with Gasteiger partial charge in [0, 0.05) is 21.9 Å². The van der Waals surface area contributed by atoms with Crippen molar-refractivity contribution in [1.29, 1.82) is 0 Å². The van der Waals surface area contributed by atoms with Crippen molar-refractivity contribution in [3.63, 3.8) is 0 Å². The molecule has 1 aliphatic rings. The fourth-order valence-corrected chi connectivity index (χ4v) is 3.11. The molecule has 0 aromatic heterocycles. The molecule has 1 aliphatic heterocycles. The molecule has 0 spiro atoms. The Morgan fingerprint density at radius 1 is 1.44 bits per heavy atom. The molecule has 1 heterocycles. The van der Waals surface area contributed by atoms with E-state index in [9.17, 15) is 4.21 Å². The van der Waals surface area contributed by atoms with Gasteiger partial charge in [0.1, 0.15) is 4.71 Å². The predicted molar refractivity (Wildman–Crippen MR) is 41.5 cm³/mol. The number of halogens is 2. The lowest BCUT2D eigenvalue weighted by atomic mass is 10.2. The van der Waals surface area contributed by atoms with E-state index >= 15 is 0 Å². The first-order chi connectivity index (χ1) is 4.20. The first-order valence-electron chi connectivity index (χ1n) is 2.85. The Morgan fingerprint density at radius 3 is 2.56 bits per heavy atom. The summed E-state index contributed by atoms with van der Waals surface area (Å²) < 4.78 is 10.7. The second-order valence-electron chi connectivity index (χ2n) is 2.12. The van der Waals surface area contributed by atoms with Crippen LogP contribution < -0.4 is 0 Å². The highest BCUT2D eigenvalue weighted by Crippen LogP contribution is 2.23. The number of hydrogen-bond acceptors (Lipinski definition) is 1. The van der Waals surface area contributed by atoms with Crippen molar-refractivity contribution in [3.8, 4) is 0 Å². The summed E-state index contributed by atoms with van der Waals surface area (Å²) in [5.41, 5.74) is 0. The Kier molecular flexibility index (Phi) is 2.80. The molecule has 0 aromatic rings. The minimum absolute atomic E-state index is 0.144. The van der Waals surface area contributed by atoms with Gasteiger partial charge in [-0.25, -0.2) is 0 Å². The quantitative estimate of drug-likeness (QED) is 0.527. The van der Waals surface area contributed by atoms with Gasteiger partial charge in [0.15, 0.2) is 0 Å². The SMILES string of the molecule is O=S1CC[C@@H](Cl)C[C@H]1Cl. The summed E-state index contributed by atoms with van der Waals surface area (Å²) in [6.07, 6.45) is 1.53. The standard InChI is InChI=1S/C5H8Cl2OS/c6-4-1-2-9(8)5(7)3-4/h4-5H,1-3H2/t4-,5+,9?/m1/s1. The minimum Gasteiger partial charge on any atom is -0.258 e. The van der Waals surface area contributed by atoms with Gasteiger partial charge in [0.25, 0.3) is 0 Å². The maximum absolute atomic E-state index is 10.9. The minimum atomic E-state index is -0.825. The third-order valence-corrected chi connectivity index (χ3v) is 3.93. The van der Waals surface area contributed by atoms with E-state index in [1.54, 1.807) is 0 Å². The van der Waals surface area contributed by atoms with E-state index < -0.39 is 10.8 Å². The van der Waals surface area contributed by atoms with Gasteiger partial charge in [-0.05, 0) is 12.8 Å². The van der Waals surface area contributed by atoms with Crippen molar-refractivity contribution in [3.05, 3.63) is 0 Å². The van der Waals surface area contributed by atoms with Crippen molar-refractivity contribution >= 4 is 34.0 Å². The van der Waals surface area contributed by atoms with Gasteiger partial charge in [-0.15, -0.1) is 23.2 Å². The first kappa shape index (κ1) is 7.83. The van der Waals surface area contributed by atoms with Crippen molar-refractivity contribution in [2.24, 2.45) is 0 Å². The largest absolute Gasteiger partial charge is 0.258 e. The highest BCUT2D eigenvalue weighted by Gasteiger charge is 2.23. The van der Waals surface area contributed by atoms with Crippen LogP contribution in [0.2, 0.25) is 0 Å². The molecule has 0 amide bonds. The van der Waals surface area contributed by atoms with Crippen LogP contribution in [0.25, 0.3) is 0 Å². The Hall–Kier alpha value is 0.730. The van der Waals surface area contributed by atoms with E-state index in [1.807, 2.05) is 0 Å². The van der Waals surface area contributed by atoms with Crippen LogP contribution in [0, 0.1) is 0 Å². The molecule has 1 saturated heterocycles. The van der Waals surface area contributed by atoms with Gasteiger partial charge in [0.2, 0.25) is 0 Å². The van der Waals surface area contributed by atoms with E-state index in [2.05, 4.69) is 0 Å². The molecule has 0 saturated carbocycles. The molecule has 3 atom stereocenters. The van der Waals surface area contributed by atoms with Crippen LogP contribution in [0.4, 0.5) is 0 Å². The molecule has 0 N–H and O–H groups in total. The highest BCUT2D eigenvalue weighted by molar-refractivity contribution is 7.87. The molecule has 54 valence electrons. The maximum Gasteiger partial charge on any atom is 0.110 e. The third-order valence-electron chi connectivity index (χ3n) is 1.36. The molecule has 0 aliphatic carbocycles. The third kappa shape index (κ3) is 2.10. The Balaban J connectivity index is 2.44. The van der Waals surface area contributed by atoms with Gasteiger partial charge in [-0.1, -0.05) is 0 Å². The lowest BCUT2D eigenvalue weighted by molar-refractivity contribution is 0.651. The lowest BCUT2D eigenvalue weighted by Crippen LogP contribution is -2.24. The van der Waals surface area contributed by atoms with E-state index in [0.29, 0.717) is 12.2 Å². The summed E-state index contributed by atoms with van der Waals surface area (Å²) in [7, 11) is -0.825. The van der Waals surface area contributed by atoms with Gasteiger partial charge >= 0.3 is 0 Å². The Bertz CT molecular complexity index is 128. The Labute approximate surface area is 67.2 Å². The summed E-state index contributed by atoms with van der Waals surface area (Å²) in [6.45, 7) is 0. The zero-order valence-corrected chi connectivity index (χ0v) is 7.18. The van der Waals surface area contributed by atoms with E-state index in [4.69, 9.17) is 23.2 Å². The van der Waals surface area contributed by atoms with Crippen molar-refractivity contribution in [1.82, 2.24) is 0 Å². The summed E-state index contributed by atoms with van der Waals surface area (Å²) in [5, 5.41) is 0.144. The maximum atomic E-state index is 10.9. The second-order valence-corrected chi connectivity index (χ2v) is 5.26. The zero-order valence-electron chi connectivity index (χ0n) is 4.85. The summed E-state index contributed by atoms with van der Waals surface area (Å²) >= 11 is 11.4.